The Balaban J connectivity index is 1.44. The molecule has 1 aliphatic heterocycles. The maximum atomic E-state index is 14.7. The largest absolute Gasteiger partial charge is 0.343 e. The van der Waals surface area contributed by atoms with Crippen molar-refractivity contribution >= 4 is 80.5 Å². The van der Waals surface area contributed by atoms with Gasteiger partial charge in [0.25, 0.3) is 17.7 Å². The quantitative estimate of drug-likeness (QED) is 0.154. The van der Waals surface area contributed by atoms with Gasteiger partial charge in [0.2, 0.25) is 11.8 Å². The van der Waals surface area contributed by atoms with E-state index in [2.05, 4.69) is 14.2 Å². The Kier molecular flexibility index (Phi) is 11.3. The molecule has 48 heavy (non-hydrogen) atoms. The Morgan fingerprint density at radius 1 is 0.958 bits per heavy atom. The topological polar surface area (TPSA) is 128 Å². The molecule has 0 saturated carbocycles. The zero-order valence-electron chi connectivity index (χ0n) is 26.4. The fraction of sp³-hybridized carbons (Fsp3) is 0.250. The molecule has 0 unspecified atom stereocenters. The number of nitrogens with zero attached hydrogens (tertiary/aromatic N) is 2. The number of fused-ring (bicyclic) bond motifs is 1. The smallest absolute Gasteiger partial charge is 0.251 e. The van der Waals surface area contributed by atoms with Crippen LogP contribution in [0.2, 0.25) is 5.02 Å². The van der Waals surface area contributed by atoms with Gasteiger partial charge in [0.05, 0.1) is 29.4 Å². The minimum atomic E-state index is -1.10. The van der Waals surface area contributed by atoms with E-state index >= 15 is 0 Å². The number of hydrogen-bond donors (Lipinski definition) is 3. The average Bonchev–Trinajstić information content (AvgIpc) is 3.21. The first-order valence-corrected chi connectivity index (χ1v) is 16.9. The molecule has 1 heterocycles. The van der Waals surface area contributed by atoms with Gasteiger partial charge in [-0.15, -0.1) is 0 Å². The van der Waals surface area contributed by atoms with Crippen LogP contribution in [0.1, 0.15) is 47.8 Å². The van der Waals surface area contributed by atoms with E-state index in [9.17, 15) is 24.0 Å². The summed E-state index contributed by atoms with van der Waals surface area (Å²) in [5, 5.41) is 7.73. The molecule has 3 atom stereocenters. The maximum absolute atomic E-state index is 14.7. The van der Waals surface area contributed by atoms with E-state index in [0.29, 0.717) is 28.3 Å². The Bertz CT molecular complexity index is 1850. The van der Waals surface area contributed by atoms with Gasteiger partial charge in [-0.3, -0.25) is 27.5 Å². The van der Waals surface area contributed by atoms with E-state index in [1.807, 2.05) is 49.4 Å². The Morgan fingerprint density at radius 2 is 1.67 bits per heavy atom. The number of halogens is 2. The number of anilines is 1. The first kappa shape index (κ1) is 34.8. The second-order valence-electron chi connectivity index (χ2n) is 11.7. The van der Waals surface area contributed by atoms with Crippen molar-refractivity contribution in [2.75, 3.05) is 18.4 Å². The number of carbonyl (C=O) groups excluding carboxylic acids is 5. The van der Waals surface area contributed by atoms with Crippen molar-refractivity contribution in [3.05, 3.63) is 113 Å². The molecule has 10 nitrogen and oxygen atoms in total. The van der Waals surface area contributed by atoms with Gasteiger partial charge in [-0.05, 0) is 71.6 Å². The SMILES string of the molecule is CC(=O)Nc1ccc(C(=O)NCC(=O)N2[C@H](C)CCN([C@H](Cc3cccc4ccccc34)C(=O)NI)C(=O)[C@@H]2c2cccc(Cl)c2)cc1. The van der Waals surface area contributed by atoms with Gasteiger partial charge < -0.3 is 20.4 Å². The lowest BCUT2D eigenvalue weighted by Crippen LogP contribution is -2.53. The van der Waals surface area contributed by atoms with E-state index < -0.39 is 35.8 Å². The summed E-state index contributed by atoms with van der Waals surface area (Å²) in [4.78, 5) is 69.5. The molecule has 5 rings (SSSR count). The zero-order valence-corrected chi connectivity index (χ0v) is 29.3. The summed E-state index contributed by atoms with van der Waals surface area (Å²) in [7, 11) is 0. The number of rotatable bonds is 9. The molecular weight excluding hydrogens is 745 g/mol. The van der Waals surface area contributed by atoms with Crippen molar-refractivity contribution in [2.45, 2.75) is 44.8 Å². The lowest BCUT2D eigenvalue weighted by Gasteiger charge is -2.36. The van der Waals surface area contributed by atoms with Crippen molar-refractivity contribution in [1.82, 2.24) is 18.6 Å². The second kappa shape index (κ2) is 15.6. The van der Waals surface area contributed by atoms with Gasteiger partial charge in [-0.1, -0.05) is 66.2 Å². The molecule has 12 heteroatoms. The highest BCUT2D eigenvalue weighted by Crippen LogP contribution is 2.33. The summed E-state index contributed by atoms with van der Waals surface area (Å²) in [5.74, 6) is -1.93. The van der Waals surface area contributed by atoms with E-state index in [0.717, 1.165) is 16.3 Å². The van der Waals surface area contributed by atoms with Crippen molar-refractivity contribution in [1.29, 1.82) is 0 Å². The van der Waals surface area contributed by atoms with Crippen molar-refractivity contribution in [2.24, 2.45) is 0 Å². The van der Waals surface area contributed by atoms with Crippen molar-refractivity contribution in [3.8, 4) is 0 Å². The minimum Gasteiger partial charge on any atom is -0.343 e. The molecule has 248 valence electrons. The normalized spacial score (nSPS) is 17.0. The summed E-state index contributed by atoms with van der Waals surface area (Å²) in [5.41, 5.74) is 2.26. The van der Waals surface area contributed by atoms with Crippen LogP contribution in [0, 0.1) is 0 Å². The molecule has 0 aromatic heterocycles. The summed E-state index contributed by atoms with van der Waals surface area (Å²) in [6.45, 7) is 3.11. The minimum absolute atomic E-state index is 0.230. The van der Waals surface area contributed by atoms with E-state index in [1.165, 1.54) is 11.8 Å². The van der Waals surface area contributed by atoms with Gasteiger partial charge in [0.1, 0.15) is 12.1 Å². The highest BCUT2D eigenvalue weighted by molar-refractivity contribution is 14.1. The van der Waals surface area contributed by atoms with E-state index in [-0.39, 0.29) is 31.3 Å². The highest BCUT2D eigenvalue weighted by Gasteiger charge is 2.43. The molecule has 4 aromatic rings. The molecule has 1 aliphatic rings. The molecule has 0 radical (unpaired) electrons. The number of carbonyl (C=O) groups is 5. The van der Waals surface area contributed by atoms with Crippen LogP contribution >= 0.6 is 34.5 Å². The van der Waals surface area contributed by atoms with Gasteiger partial charge >= 0.3 is 0 Å². The molecule has 0 bridgehead atoms. The summed E-state index contributed by atoms with van der Waals surface area (Å²) < 4.78 is 2.71. The number of benzene rings is 4. The van der Waals surface area contributed by atoms with Gasteiger partial charge in [0, 0.05) is 42.2 Å². The molecular formula is C36H35ClIN5O5. The molecule has 5 amide bonds. The molecule has 1 saturated heterocycles. The Labute approximate surface area is 297 Å². The third kappa shape index (κ3) is 7.96. The molecule has 0 spiro atoms. The third-order valence-electron chi connectivity index (χ3n) is 8.44. The van der Waals surface area contributed by atoms with Crippen LogP contribution in [0.3, 0.4) is 0 Å². The Morgan fingerprint density at radius 3 is 2.38 bits per heavy atom. The number of hydrogen-bond acceptors (Lipinski definition) is 5. The van der Waals surface area contributed by atoms with Gasteiger partial charge in [-0.25, -0.2) is 0 Å². The van der Waals surface area contributed by atoms with Crippen LogP contribution in [-0.2, 0) is 25.6 Å². The highest BCUT2D eigenvalue weighted by atomic mass is 127. The fourth-order valence-electron chi connectivity index (χ4n) is 6.13. The predicted molar refractivity (Wildman–Crippen MR) is 194 cm³/mol. The second-order valence-corrected chi connectivity index (χ2v) is 12.7. The zero-order chi connectivity index (χ0) is 34.4. The van der Waals surface area contributed by atoms with Gasteiger partial charge in [0.15, 0.2) is 0 Å². The predicted octanol–water partition coefficient (Wildman–Crippen LogP) is 5.45. The van der Waals surface area contributed by atoms with Crippen molar-refractivity contribution < 1.29 is 24.0 Å². The monoisotopic (exact) mass is 779 g/mol. The number of amides is 5. The van der Waals surface area contributed by atoms with Gasteiger partial charge in [-0.2, -0.15) is 0 Å². The summed E-state index contributed by atoms with van der Waals surface area (Å²) in [6.07, 6.45) is 0.664. The molecule has 4 aromatic carbocycles. The maximum Gasteiger partial charge on any atom is 0.251 e. The first-order chi connectivity index (χ1) is 23.1. The summed E-state index contributed by atoms with van der Waals surface area (Å²) >= 11 is 8.18. The number of nitrogens with one attached hydrogen (secondary N) is 3. The van der Waals surface area contributed by atoms with Crippen LogP contribution in [0.5, 0.6) is 0 Å². The van der Waals surface area contributed by atoms with Crippen LogP contribution in [-0.4, -0.2) is 64.5 Å². The third-order valence-corrected chi connectivity index (χ3v) is 9.21. The van der Waals surface area contributed by atoms with Crippen LogP contribution in [0.4, 0.5) is 5.69 Å². The van der Waals surface area contributed by atoms with Crippen LogP contribution in [0.25, 0.3) is 10.8 Å². The van der Waals surface area contributed by atoms with E-state index in [1.54, 1.807) is 76.3 Å². The standard InChI is InChI=1S/C36H35ClIN5O5/c1-22-17-18-42(31(35(47)41-38)20-26-9-5-8-24-7-3-4-12-30(24)26)36(48)33(27-10-6-11-28(37)19-27)43(22)32(45)21-39-34(46)25-13-15-29(16-14-25)40-23(2)44/h3-16,19,22,31,33H,17-18,20-21H2,1-2H3,(H,39,46)(H,40,44)(H,41,47)/t22-,31-,33+/m1/s1. The van der Waals surface area contributed by atoms with Crippen molar-refractivity contribution in [3.63, 3.8) is 0 Å². The Hall–Kier alpha value is -4.49. The molecule has 1 fully saturated rings. The lowest BCUT2D eigenvalue weighted by molar-refractivity contribution is -0.148. The molecule has 3 N–H and O–H groups in total. The summed E-state index contributed by atoms with van der Waals surface area (Å²) in [6, 6.07) is 24.5. The van der Waals surface area contributed by atoms with E-state index in [4.69, 9.17) is 11.6 Å². The first-order valence-electron chi connectivity index (χ1n) is 15.5. The van der Waals surface area contributed by atoms with Crippen LogP contribution < -0.4 is 14.2 Å². The lowest BCUT2D eigenvalue weighted by atomic mass is 9.96. The van der Waals surface area contributed by atoms with Crippen LogP contribution in [0.15, 0.2) is 91.0 Å². The fourth-order valence-corrected chi connectivity index (χ4v) is 6.69. The molecule has 0 aliphatic carbocycles. The average molecular weight is 780 g/mol.